The first-order valence-corrected chi connectivity index (χ1v) is 8.86. The molecule has 0 unspecified atom stereocenters. The van der Waals surface area contributed by atoms with E-state index in [2.05, 4.69) is 19.7 Å². The van der Waals surface area contributed by atoms with Crippen molar-refractivity contribution in [2.24, 2.45) is 0 Å². The Hall–Kier alpha value is -3.94. The molecule has 2 aromatic carbocycles. The number of pyridine rings is 1. The molecule has 0 aliphatic carbocycles. The molecule has 0 aliphatic heterocycles. The zero-order valence-corrected chi connectivity index (χ0v) is 15.4. The van der Waals surface area contributed by atoms with Crippen molar-refractivity contribution in [3.05, 3.63) is 89.5 Å². The van der Waals surface area contributed by atoms with Crippen LogP contribution < -0.4 is 10.3 Å². The topological polar surface area (TPSA) is 67.9 Å². The van der Waals surface area contributed by atoms with Gasteiger partial charge in [0.15, 0.2) is 0 Å². The molecule has 0 fully saturated rings. The fraction of sp³-hybridized carbons (Fsp3) is 0.0455. The van der Waals surface area contributed by atoms with E-state index < -0.39 is 6.36 Å². The molecule has 0 spiro atoms. The predicted molar refractivity (Wildman–Crippen MR) is 106 cm³/mol. The molecule has 0 saturated carbocycles. The van der Waals surface area contributed by atoms with Gasteiger partial charge in [0.05, 0.1) is 5.69 Å². The van der Waals surface area contributed by atoms with Crippen LogP contribution in [0, 0.1) is 0 Å². The van der Waals surface area contributed by atoms with Crippen LogP contribution in [0.4, 0.5) is 13.2 Å². The Morgan fingerprint density at radius 2 is 1.50 bits per heavy atom. The van der Waals surface area contributed by atoms with E-state index in [1.807, 2.05) is 30.3 Å². The standard InChI is InChI=1S/C22H14F3N3O2/c23-22(24,25)30-18-8-6-14(7-9-18)16-10-17(13-26-12-16)19-11-20(29)28-21(27-19)15-4-2-1-3-5-15/h1-13H,(H,27,28,29). The summed E-state index contributed by atoms with van der Waals surface area (Å²) in [6.45, 7) is 0. The van der Waals surface area contributed by atoms with E-state index in [1.54, 1.807) is 18.5 Å². The van der Waals surface area contributed by atoms with Crippen molar-refractivity contribution in [2.75, 3.05) is 0 Å². The molecular formula is C22H14F3N3O2. The van der Waals surface area contributed by atoms with Crippen LogP contribution >= 0.6 is 0 Å². The van der Waals surface area contributed by atoms with Gasteiger partial charge in [0.25, 0.3) is 5.56 Å². The molecule has 150 valence electrons. The number of H-pyrrole nitrogens is 1. The number of ether oxygens (including phenoxy) is 1. The van der Waals surface area contributed by atoms with Crippen LogP contribution in [0.2, 0.25) is 0 Å². The minimum absolute atomic E-state index is 0.306. The van der Waals surface area contributed by atoms with Gasteiger partial charge >= 0.3 is 6.36 Å². The highest BCUT2D eigenvalue weighted by atomic mass is 19.4. The summed E-state index contributed by atoms with van der Waals surface area (Å²) in [4.78, 5) is 23.6. The Morgan fingerprint density at radius 1 is 0.800 bits per heavy atom. The van der Waals surface area contributed by atoms with Crippen molar-refractivity contribution in [3.8, 4) is 39.5 Å². The van der Waals surface area contributed by atoms with Crippen molar-refractivity contribution in [1.82, 2.24) is 15.0 Å². The average molecular weight is 409 g/mol. The summed E-state index contributed by atoms with van der Waals surface area (Å²) in [6.07, 6.45) is -1.60. The number of halogens is 3. The summed E-state index contributed by atoms with van der Waals surface area (Å²) >= 11 is 0. The molecule has 0 aliphatic rings. The number of nitrogens with zero attached hydrogens (tertiary/aromatic N) is 2. The second kappa shape index (κ2) is 7.82. The molecule has 0 bridgehead atoms. The number of aromatic nitrogens is 3. The third-order valence-electron chi connectivity index (χ3n) is 4.24. The SMILES string of the molecule is O=c1cc(-c2cncc(-c3ccc(OC(F)(F)F)cc3)c2)nc(-c2ccccc2)[nH]1. The Labute approximate surface area is 168 Å². The van der Waals surface area contributed by atoms with E-state index in [4.69, 9.17) is 0 Å². The average Bonchev–Trinajstić information content (AvgIpc) is 2.73. The molecular weight excluding hydrogens is 395 g/mol. The molecule has 1 N–H and O–H groups in total. The van der Waals surface area contributed by atoms with E-state index in [0.29, 0.717) is 28.2 Å². The summed E-state index contributed by atoms with van der Waals surface area (Å²) in [5, 5.41) is 0. The van der Waals surface area contributed by atoms with E-state index in [9.17, 15) is 18.0 Å². The van der Waals surface area contributed by atoms with Crippen molar-refractivity contribution in [3.63, 3.8) is 0 Å². The minimum Gasteiger partial charge on any atom is -0.406 e. The lowest BCUT2D eigenvalue weighted by Crippen LogP contribution is -2.16. The molecule has 8 heteroatoms. The van der Waals surface area contributed by atoms with Gasteiger partial charge in [0.2, 0.25) is 0 Å². The van der Waals surface area contributed by atoms with Crippen LogP contribution in [-0.4, -0.2) is 21.3 Å². The summed E-state index contributed by atoms with van der Waals surface area (Å²) in [6, 6.07) is 17.8. The minimum atomic E-state index is -4.74. The van der Waals surface area contributed by atoms with Crippen LogP contribution in [0.15, 0.2) is 83.9 Å². The van der Waals surface area contributed by atoms with E-state index in [-0.39, 0.29) is 11.3 Å². The molecule has 2 heterocycles. The summed E-state index contributed by atoms with van der Waals surface area (Å²) in [5.74, 6) is 0.122. The first kappa shape index (κ1) is 19.4. The molecule has 0 amide bonds. The van der Waals surface area contributed by atoms with Crippen LogP contribution in [0.1, 0.15) is 0 Å². The van der Waals surface area contributed by atoms with Crippen LogP contribution in [0.5, 0.6) is 5.75 Å². The summed E-state index contributed by atoms with van der Waals surface area (Å²) in [7, 11) is 0. The van der Waals surface area contributed by atoms with Crippen LogP contribution in [-0.2, 0) is 0 Å². The number of benzene rings is 2. The maximum absolute atomic E-state index is 12.3. The molecule has 2 aromatic heterocycles. The maximum Gasteiger partial charge on any atom is 0.573 e. The zero-order valence-electron chi connectivity index (χ0n) is 15.4. The van der Waals surface area contributed by atoms with Crippen molar-refractivity contribution >= 4 is 0 Å². The molecule has 0 atom stereocenters. The number of alkyl halides is 3. The lowest BCUT2D eigenvalue weighted by atomic mass is 10.0. The monoisotopic (exact) mass is 409 g/mol. The van der Waals surface area contributed by atoms with Gasteiger partial charge in [-0.2, -0.15) is 0 Å². The zero-order chi connectivity index (χ0) is 21.1. The van der Waals surface area contributed by atoms with E-state index in [1.165, 1.54) is 30.3 Å². The van der Waals surface area contributed by atoms with Gasteiger partial charge in [-0.15, -0.1) is 13.2 Å². The molecule has 4 rings (SSSR count). The maximum atomic E-state index is 12.3. The highest BCUT2D eigenvalue weighted by Gasteiger charge is 2.30. The van der Waals surface area contributed by atoms with E-state index >= 15 is 0 Å². The van der Waals surface area contributed by atoms with Gasteiger partial charge in [0.1, 0.15) is 11.6 Å². The van der Waals surface area contributed by atoms with E-state index in [0.717, 1.165) is 5.56 Å². The molecule has 30 heavy (non-hydrogen) atoms. The van der Waals surface area contributed by atoms with Crippen LogP contribution in [0.25, 0.3) is 33.8 Å². The number of rotatable bonds is 4. The first-order chi connectivity index (χ1) is 14.4. The number of nitrogens with one attached hydrogen (secondary N) is 1. The normalized spacial score (nSPS) is 11.3. The second-order valence-corrected chi connectivity index (χ2v) is 6.38. The highest BCUT2D eigenvalue weighted by Crippen LogP contribution is 2.28. The lowest BCUT2D eigenvalue weighted by molar-refractivity contribution is -0.274. The number of hydrogen-bond donors (Lipinski definition) is 1. The molecule has 0 saturated heterocycles. The first-order valence-electron chi connectivity index (χ1n) is 8.86. The largest absolute Gasteiger partial charge is 0.573 e. The molecule has 5 nitrogen and oxygen atoms in total. The van der Waals surface area contributed by atoms with Crippen molar-refractivity contribution in [1.29, 1.82) is 0 Å². The smallest absolute Gasteiger partial charge is 0.406 e. The van der Waals surface area contributed by atoms with Gasteiger partial charge in [-0.05, 0) is 23.8 Å². The van der Waals surface area contributed by atoms with Gasteiger partial charge in [-0.1, -0.05) is 42.5 Å². The number of aromatic amines is 1. The predicted octanol–water partition coefficient (Wildman–Crippen LogP) is 5.06. The second-order valence-electron chi connectivity index (χ2n) is 6.38. The lowest BCUT2D eigenvalue weighted by Gasteiger charge is -2.10. The quantitative estimate of drug-likeness (QED) is 0.511. The molecule has 4 aromatic rings. The van der Waals surface area contributed by atoms with Gasteiger partial charge in [-0.25, -0.2) is 4.98 Å². The fourth-order valence-electron chi connectivity index (χ4n) is 2.93. The number of hydrogen-bond acceptors (Lipinski definition) is 4. The Bertz CT molecular complexity index is 1220. The Kier molecular flexibility index (Phi) is 5.05. The Balaban J connectivity index is 1.67. The summed E-state index contributed by atoms with van der Waals surface area (Å²) in [5.41, 5.74) is 2.80. The molecule has 0 radical (unpaired) electrons. The van der Waals surface area contributed by atoms with Crippen molar-refractivity contribution in [2.45, 2.75) is 6.36 Å². The van der Waals surface area contributed by atoms with Crippen LogP contribution in [0.3, 0.4) is 0 Å². The fourth-order valence-corrected chi connectivity index (χ4v) is 2.93. The summed E-state index contributed by atoms with van der Waals surface area (Å²) < 4.78 is 40.9. The van der Waals surface area contributed by atoms with Gasteiger partial charge < -0.3 is 9.72 Å². The third-order valence-corrected chi connectivity index (χ3v) is 4.24. The highest BCUT2D eigenvalue weighted by molar-refractivity contribution is 5.71. The third kappa shape index (κ3) is 4.54. The van der Waals surface area contributed by atoms with Gasteiger partial charge in [-0.3, -0.25) is 9.78 Å². The van der Waals surface area contributed by atoms with Crippen molar-refractivity contribution < 1.29 is 17.9 Å². The Morgan fingerprint density at radius 3 is 2.20 bits per heavy atom. The van der Waals surface area contributed by atoms with Gasteiger partial charge in [0, 0.05) is 35.2 Å².